The third-order valence-electron chi connectivity index (χ3n) is 4.32. The minimum absolute atomic E-state index is 0.0746. The summed E-state index contributed by atoms with van der Waals surface area (Å²) in [5, 5.41) is 2.63. The van der Waals surface area contributed by atoms with Crippen molar-refractivity contribution in [1.82, 2.24) is 0 Å². The third-order valence-corrected chi connectivity index (χ3v) is 4.32. The van der Waals surface area contributed by atoms with E-state index in [4.69, 9.17) is 14.2 Å². The molecule has 0 unspecified atom stereocenters. The molecule has 154 valence electrons. The fourth-order valence-electron chi connectivity index (χ4n) is 2.83. The molecule has 1 atom stereocenters. The topological polar surface area (TPSA) is 90.9 Å². The number of hydrogen-bond donors (Lipinski definition) is 1. The molecule has 1 N–H and O–H groups in total. The number of aryl methyl sites for hydroxylation is 1. The Hall–Kier alpha value is -3.35. The maximum absolute atomic E-state index is 12.3. The molecule has 7 heteroatoms. The highest BCUT2D eigenvalue weighted by atomic mass is 16.5. The van der Waals surface area contributed by atoms with E-state index in [1.165, 1.54) is 21.0 Å². The fraction of sp³-hybridized carbons (Fsp3) is 0.318. The number of ether oxygens (including phenoxy) is 3. The quantitative estimate of drug-likeness (QED) is 0.513. The summed E-state index contributed by atoms with van der Waals surface area (Å²) in [6.45, 7) is 2.90. The molecule has 0 radical (unpaired) electrons. The minimum atomic E-state index is -1.00. The molecule has 2 rings (SSSR count). The van der Waals surface area contributed by atoms with Crippen molar-refractivity contribution in [3.05, 3.63) is 53.6 Å². The number of nitrogens with one attached hydrogen (secondary N) is 1. The number of benzene rings is 2. The van der Waals surface area contributed by atoms with Crippen LogP contribution in [0.2, 0.25) is 0 Å². The van der Waals surface area contributed by atoms with Gasteiger partial charge in [0, 0.05) is 12.0 Å². The van der Waals surface area contributed by atoms with Gasteiger partial charge in [-0.2, -0.15) is 0 Å². The molecule has 0 heterocycles. The smallest absolute Gasteiger partial charge is 0.306 e. The number of methoxy groups -OCH3 is 2. The molecule has 0 saturated carbocycles. The van der Waals surface area contributed by atoms with Crippen LogP contribution in [-0.4, -0.2) is 38.0 Å². The van der Waals surface area contributed by atoms with E-state index in [2.05, 4.69) is 5.32 Å². The van der Waals surface area contributed by atoms with Gasteiger partial charge in [0.2, 0.25) is 0 Å². The molecule has 29 heavy (non-hydrogen) atoms. The lowest BCUT2D eigenvalue weighted by atomic mass is 10.1. The average molecular weight is 399 g/mol. The Morgan fingerprint density at radius 1 is 1.00 bits per heavy atom. The minimum Gasteiger partial charge on any atom is -0.493 e. The number of Topliss-reactive ketones (excluding diaryl/α,β-unsaturated/α-hetero) is 1. The second-order valence-corrected chi connectivity index (χ2v) is 6.38. The summed E-state index contributed by atoms with van der Waals surface area (Å²) >= 11 is 0. The second-order valence-electron chi connectivity index (χ2n) is 6.38. The van der Waals surface area contributed by atoms with Gasteiger partial charge >= 0.3 is 5.97 Å². The third kappa shape index (κ3) is 5.81. The number of carbonyl (C=O) groups is 3. The highest BCUT2D eigenvalue weighted by molar-refractivity contribution is 6.04. The van der Waals surface area contributed by atoms with Gasteiger partial charge in [0.05, 0.1) is 19.9 Å². The Labute approximate surface area is 170 Å². The van der Waals surface area contributed by atoms with Gasteiger partial charge in [-0.3, -0.25) is 14.4 Å². The molecule has 0 aromatic heterocycles. The molecule has 2 aromatic rings. The summed E-state index contributed by atoms with van der Waals surface area (Å²) in [4.78, 5) is 36.2. The molecule has 0 fully saturated rings. The van der Waals surface area contributed by atoms with Crippen LogP contribution in [0.4, 0.5) is 5.69 Å². The molecule has 0 spiro atoms. The lowest BCUT2D eigenvalue weighted by Crippen LogP contribution is -2.30. The number of ketones is 1. The first kappa shape index (κ1) is 21.9. The molecule has 1 amide bonds. The van der Waals surface area contributed by atoms with E-state index in [0.717, 1.165) is 5.56 Å². The Morgan fingerprint density at radius 3 is 2.38 bits per heavy atom. The van der Waals surface area contributed by atoms with Crippen LogP contribution in [0.5, 0.6) is 11.5 Å². The zero-order valence-corrected chi connectivity index (χ0v) is 17.0. The Morgan fingerprint density at radius 2 is 1.72 bits per heavy atom. The summed E-state index contributed by atoms with van der Waals surface area (Å²) in [5.74, 6) is -0.0501. The molecule has 0 saturated heterocycles. The molecular weight excluding hydrogens is 374 g/mol. The highest BCUT2D eigenvalue weighted by Crippen LogP contribution is 2.31. The van der Waals surface area contributed by atoms with E-state index in [-0.39, 0.29) is 12.2 Å². The van der Waals surface area contributed by atoms with Crippen molar-refractivity contribution in [1.29, 1.82) is 0 Å². The zero-order valence-electron chi connectivity index (χ0n) is 17.0. The number of hydrogen-bond acceptors (Lipinski definition) is 6. The maximum Gasteiger partial charge on any atom is 0.306 e. The van der Waals surface area contributed by atoms with E-state index >= 15 is 0 Å². The average Bonchev–Trinajstić information content (AvgIpc) is 2.71. The van der Waals surface area contributed by atoms with Crippen LogP contribution in [-0.2, 0) is 20.7 Å². The van der Waals surface area contributed by atoms with Gasteiger partial charge < -0.3 is 19.5 Å². The van der Waals surface area contributed by atoms with Gasteiger partial charge in [-0.25, -0.2) is 0 Å². The van der Waals surface area contributed by atoms with Gasteiger partial charge in [-0.05, 0) is 44.0 Å². The van der Waals surface area contributed by atoms with Crippen molar-refractivity contribution in [2.24, 2.45) is 0 Å². The van der Waals surface area contributed by atoms with E-state index in [9.17, 15) is 14.4 Å². The van der Waals surface area contributed by atoms with Crippen LogP contribution < -0.4 is 14.8 Å². The zero-order chi connectivity index (χ0) is 21.4. The molecule has 0 aliphatic heterocycles. The summed E-state index contributed by atoms with van der Waals surface area (Å²) in [6.07, 6.45) is -0.555. The Bertz CT molecular complexity index is 893. The Balaban J connectivity index is 1.94. The van der Waals surface area contributed by atoms with Crippen LogP contribution in [0.3, 0.4) is 0 Å². The monoisotopic (exact) mass is 399 g/mol. The van der Waals surface area contributed by atoms with Gasteiger partial charge in [0.15, 0.2) is 23.4 Å². The molecular formula is C22H25NO6. The molecule has 0 aliphatic carbocycles. The number of anilines is 1. The predicted octanol–water partition coefficient (Wildman–Crippen LogP) is 3.41. The normalized spacial score (nSPS) is 11.3. The SMILES string of the molecule is COc1cccc(CCC(=O)O[C@H](C)C(=O)Nc2ccccc2C(C)=O)c1OC. The van der Waals surface area contributed by atoms with Crippen LogP contribution >= 0.6 is 0 Å². The van der Waals surface area contributed by atoms with Gasteiger partial charge in [0.25, 0.3) is 5.91 Å². The number of carbonyl (C=O) groups excluding carboxylic acids is 3. The number of esters is 1. The molecule has 0 bridgehead atoms. The van der Waals surface area contributed by atoms with E-state index in [1.807, 2.05) is 12.1 Å². The largest absolute Gasteiger partial charge is 0.493 e. The van der Waals surface area contributed by atoms with Crippen molar-refractivity contribution in [2.45, 2.75) is 32.8 Å². The predicted molar refractivity (Wildman–Crippen MR) is 108 cm³/mol. The first-order chi connectivity index (χ1) is 13.9. The van der Waals surface area contributed by atoms with Gasteiger partial charge in [0.1, 0.15) is 0 Å². The van der Waals surface area contributed by atoms with Crippen molar-refractivity contribution in [2.75, 3.05) is 19.5 Å². The van der Waals surface area contributed by atoms with Crippen molar-refractivity contribution < 1.29 is 28.6 Å². The summed E-state index contributed by atoms with van der Waals surface area (Å²) in [5.41, 5.74) is 1.58. The summed E-state index contributed by atoms with van der Waals surface area (Å²) < 4.78 is 15.8. The van der Waals surface area contributed by atoms with Crippen molar-refractivity contribution >= 4 is 23.3 Å². The standard InChI is InChI=1S/C22H25NO6/c1-14(24)17-9-5-6-10-18(17)23-22(26)15(2)29-20(25)13-12-16-8-7-11-19(27-3)21(16)28-4/h5-11,15H,12-13H2,1-4H3,(H,23,26)/t15-/m1/s1. The number of amides is 1. The second kappa shape index (κ2) is 10.3. The highest BCUT2D eigenvalue weighted by Gasteiger charge is 2.20. The molecule has 7 nitrogen and oxygen atoms in total. The molecule has 2 aromatic carbocycles. The van der Waals surface area contributed by atoms with Crippen LogP contribution in [0.1, 0.15) is 36.2 Å². The van der Waals surface area contributed by atoms with Crippen LogP contribution in [0, 0.1) is 0 Å². The number of rotatable bonds is 9. The van der Waals surface area contributed by atoms with E-state index in [0.29, 0.717) is 29.2 Å². The lowest BCUT2D eigenvalue weighted by molar-refractivity contribution is -0.153. The molecule has 0 aliphatic rings. The summed E-state index contributed by atoms with van der Waals surface area (Å²) in [6, 6.07) is 12.1. The van der Waals surface area contributed by atoms with Crippen molar-refractivity contribution in [3.63, 3.8) is 0 Å². The maximum atomic E-state index is 12.3. The van der Waals surface area contributed by atoms with Gasteiger partial charge in [-0.15, -0.1) is 0 Å². The first-order valence-corrected chi connectivity index (χ1v) is 9.17. The van der Waals surface area contributed by atoms with Crippen LogP contribution in [0.15, 0.2) is 42.5 Å². The number of para-hydroxylation sites is 2. The van der Waals surface area contributed by atoms with E-state index < -0.39 is 18.0 Å². The van der Waals surface area contributed by atoms with Crippen molar-refractivity contribution in [3.8, 4) is 11.5 Å². The van der Waals surface area contributed by atoms with E-state index in [1.54, 1.807) is 37.4 Å². The fourth-order valence-corrected chi connectivity index (χ4v) is 2.83. The van der Waals surface area contributed by atoms with Crippen LogP contribution in [0.25, 0.3) is 0 Å². The summed E-state index contributed by atoms with van der Waals surface area (Å²) in [7, 11) is 3.07. The van der Waals surface area contributed by atoms with Gasteiger partial charge in [-0.1, -0.05) is 24.3 Å². The lowest BCUT2D eigenvalue weighted by Gasteiger charge is -2.15. The Kier molecular flexibility index (Phi) is 7.77. The first-order valence-electron chi connectivity index (χ1n) is 9.17.